The second-order valence-corrected chi connectivity index (χ2v) is 4.74. The first-order valence-electron chi connectivity index (χ1n) is 5.83. The summed E-state index contributed by atoms with van der Waals surface area (Å²) >= 11 is 5.29. The number of benzene rings is 1. The molecule has 3 aromatic rings. The van der Waals surface area contributed by atoms with Gasteiger partial charge < -0.3 is 4.52 Å². The minimum atomic E-state index is 0.529. The van der Waals surface area contributed by atoms with Crippen molar-refractivity contribution in [1.29, 1.82) is 0 Å². The highest BCUT2D eigenvalue weighted by molar-refractivity contribution is 7.71. The number of aryl methyl sites for hydroxylation is 2. The van der Waals surface area contributed by atoms with Crippen LogP contribution in [-0.4, -0.2) is 19.9 Å². The summed E-state index contributed by atoms with van der Waals surface area (Å²) in [5.41, 5.74) is 2.77. The van der Waals surface area contributed by atoms with Crippen molar-refractivity contribution >= 4 is 12.2 Å². The zero-order chi connectivity index (χ0) is 13.4. The Morgan fingerprint density at radius 2 is 2.11 bits per heavy atom. The monoisotopic (exact) mass is 272 g/mol. The molecule has 6 heteroatoms. The average Bonchev–Trinajstić information content (AvgIpc) is 2.95. The van der Waals surface area contributed by atoms with Crippen LogP contribution in [0.3, 0.4) is 0 Å². The molecule has 0 bridgehead atoms. The van der Waals surface area contributed by atoms with E-state index >= 15 is 0 Å². The molecular formula is C13H12N4OS. The normalized spacial score (nSPS) is 10.8. The van der Waals surface area contributed by atoms with Gasteiger partial charge in [-0.1, -0.05) is 17.3 Å². The lowest BCUT2D eigenvalue weighted by Gasteiger charge is -2.05. The summed E-state index contributed by atoms with van der Waals surface area (Å²) in [5, 5.41) is 11.0. The van der Waals surface area contributed by atoms with E-state index in [1.54, 1.807) is 0 Å². The van der Waals surface area contributed by atoms with Crippen LogP contribution in [0.15, 0.2) is 34.9 Å². The van der Waals surface area contributed by atoms with Crippen LogP contribution in [-0.2, 0) is 0 Å². The Bertz CT molecular complexity index is 784. The Kier molecular flexibility index (Phi) is 2.79. The van der Waals surface area contributed by atoms with Gasteiger partial charge in [0.15, 0.2) is 16.3 Å². The van der Waals surface area contributed by atoms with Gasteiger partial charge in [-0.2, -0.15) is 5.10 Å². The molecule has 0 aliphatic rings. The minimum absolute atomic E-state index is 0.529. The molecule has 0 aliphatic heterocycles. The molecule has 1 aromatic carbocycles. The number of nitrogens with one attached hydrogen (secondary N) is 1. The summed E-state index contributed by atoms with van der Waals surface area (Å²) in [4.78, 5) is 0. The molecule has 2 heterocycles. The third kappa shape index (κ3) is 2.10. The van der Waals surface area contributed by atoms with Crippen LogP contribution >= 0.6 is 12.2 Å². The maximum absolute atomic E-state index is 5.29. The third-order valence-corrected chi connectivity index (χ3v) is 3.06. The van der Waals surface area contributed by atoms with Gasteiger partial charge in [0.05, 0.1) is 5.69 Å². The number of aromatic amines is 1. The molecule has 2 aromatic heterocycles. The van der Waals surface area contributed by atoms with E-state index in [1.807, 2.05) is 48.7 Å². The molecule has 19 heavy (non-hydrogen) atoms. The Morgan fingerprint density at radius 1 is 1.26 bits per heavy atom. The first-order valence-corrected chi connectivity index (χ1v) is 6.24. The summed E-state index contributed by atoms with van der Waals surface area (Å²) < 4.78 is 7.47. The summed E-state index contributed by atoms with van der Waals surface area (Å²) in [7, 11) is 0. The standard InChI is InChI=1S/C13H12N4OS/c1-8-4-3-5-10(6-8)17-12(14-15-13(17)19)11-7-9(2)18-16-11/h3-7H,1-2H3,(H,15,19). The summed E-state index contributed by atoms with van der Waals surface area (Å²) in [6.07, 6.45) is 0. The fraction of sp³-hybridized carbons (Fsp3) is 0.154. The van der Waals surface area contributed by atoms with Crippen LogP contribution in [0, 0.1) is 18.6 Å². The van der Waals surface area contributed by atoms with Crippen LogP contribution in [0.1, 0.15) is 11.3 Å². The van der Waals surface area contributed by atoms with Crippen molar-refractivity contribution in [3.63, 3.8) is 0 Å². The quantitative estimate of drug-likeness (QED) is 0.728. The SMILES string of the molecule is Cc1cccc(-n2c(-c3cc(C)on3)n[nH]c2=S)c1. The number of aromatic nitrogens is 4. The number of nitrogens with zero attached hydrogens (tertiary/aromatic N) is 3. The van der Waals surface area contributed by atoms with Crippen LogP contribution < -0.4 is 0 Å². The molecule has 0 fully saturated rings. The van der Waals surface area contributed by atoms with Gasteiger partial charge >= 0.3 is 0 Å². The molecule has 0 aliphatic carbocycles. The third-order valence-electron chi connectivity index (χ3n) is 2.79. The predicted molar refractivity (Wildman–Crippen MR) is 73.7 cm³/mol. The van der Waals surface area contributed by atoms with Crippen molar-refractivity contribution in [2.24, 2.45) is 0 Å². The topological polar surface area (TPSA) is 59.6 Å². The Balaban J connectivity index is 2.22. The zero-order valence-corrected chi connectivity index (χ0v) is 11.4. The number of H-pyrrole nitrogens is 1. The predicted octanol–water partition coefficient (Wildman–Crippen LogP) is 3.20. The molecule has 1 N–H and O–H groups in total. The van der Waals surface area contributed by atoms with Crippen molar-refractivity contribution in [1.82, 2.24) is 19.9 Å². The molecule has 0 amide bonds. The number of rotatable bonds is 2. The second kappa shape index (κ2) is 4.47. The van der Waals surface area contributed by atoms with Gasteiger partial charge in [0.2, 0.25) is 0 Å². The fourth-order valence-electron chi connectivity index (χ4n) is 1.95. The first kappa shape index (κ1) is 11.9. The zero-order valence-electron chi connectivity index (χ0n) is 10.5. The molecule has 0 saturated heterocycles. The largest absolute Gasteiger partial charge is 0.361 e. The molecule has 3 rings (SSSR count). The lowest BCUT2D eigenvalue weighted by Crippen LogP contribution is -1.98. The molecule has 5 nitrogen and oxygen atoms in total. The van der Waals surface area contributed by atoms with Crippen LogP contribution in [0.2, 0.25) is 0 Å². The van der Waals surface area contributed by atoms with Crippen LogP contribution in [0.5, 0.6) is 0 Å². The van der Waals surface area contributed by atoms with Crippen LogP contribution in [0.4, 0.5) is 0 Å². The fourth-order valence-corrected chi connectivity index (χ4v) is 2.18. The van der Waals surface area contributed by atoms with Crippen molar-refractivity contribution < 1.29 is 4.52 Å². The van der Waals surface area contributed by atoms with Gasteiger partial charge in [-0.3, -0.25) is 9.67 Å². The van der Waals surface area contributed by atoms with Crippen molar-refractivity contribution in [3.05, 3.63) is 46.4 Å². The summed E-state index contributed by atoms with van der Waals surface area (Å²) in [6.45, 7) is 3.88. The molecule has 0 saturated carbocycles. The maximum atomic E-state index is 5.29. The molecule has 0 radical (unpaired) electrons. The van der Waals surface area contributed by atoms with Gasteiger partial charge in [0, 0.05) is 6.07 Å². The van der Waals surface area contributed by atoms with Crippen molar-refractivity contribution in [3.8, 4) is 17.2 Å². The van der Waals surface area contributed by atoms with E-state index in [1.165, 1.54) is 0 Å². The van der Waals surface area contributed by atoms with Crippen molar-refractivity contribution in [2.75, 3.05) is 0 Å². The smallest absolute Gasteiger partial charge is 0.200 e. The highest BCUT2D eigenvalue weighted by atomic mass is 32.1. The highest BCUT2D eigenvalue weighted by Gasteiger charge is 2.14. The van der Waals surface area contributed by atoms with E-state index in [9.17, 15) is 0 Å². The van der Waals surface area contributed by atoms with E-state index in [2.05, 4.69) is 15.4 Å². The maximum Gasteiger partial charge on any atom is 0.200 e. The minimum Gasteiger partial charge on any atom is -0.361 e. The molecule has 96 valence electrons. The van der Waals surface area contributed by atoms with E-state index in [4.69, 9.17) is 16.7 Å². The first-order chi connectivity index (χ1) is 9.15. The summed E-state index contributed by atoms with van der Waals surface area (Å²) in [5.74, 6) is 1.38. The average molecular weight is 272 g/mol. The van der Waals surface area contributed by atoms with Gasteiger partial charge in [-0.05, 0) is 43.8 Å². The Hall–Kier alpha value is -2.21. The number of hydrogen-bond donors (Lipinski definition) is 1. The molecular weight excluding hydrogens is 260 g/mol. The molecule has 0 spiro atoms. The lowest BCUT2D eigenvalue weighted by molar-refractivity contribution is 0.399. The number of hydrogen-bond acceptors (Lipinski definition) is 4. The van der Waals surface area contributed by atoms with E-state index in [-0.39, 0.29) is 0 Å². The Labute approximate surface area is 114 Å². The lowest BCUT2D eigenvalue weighted by atomic mass is 10.2. The van der Waals surface area contributed by atoms with Gasteiger partial charge in [0.25, 0.3) is 0 Å². The van der Waals surface area contributed by atoms with E-state index in [0.717, 1.165) is 17.0 Å². The van der Waals surface area contributed by atoms with Gasteiger partial charge in [-0.25, -0.2) is 0 Å². The second-order valence-electron chi connectivity index (χ2n) is 4.35. The van der Waals surface area contributed by atoms with E-state index < -0.39 is 0 Å². The van der Waals surface area contributed by atoms with E-state index in [0.29, 0.717) is 16.3 Å². The molecule has 0 atom stereocenters. The highest BCUT2D eigenvalue weighted by Crippen LogP contribution is 2.21. The van der Waals surface area contributed by atoms with Crippen molar-refractivity contribution in [2.45, 2.75) is 13.8 Å². The van der Waals surface area contributed by atoms with Crippen LogP contribution in [0.25, 0.3) is 17.2 Å². The summed E-state index contributed by atoms with van der Waals surface area (Å²) in [6, 6.07) is 9.87. The Morgan fingerprint density at radius 3 is 2.79 bits per heavy atom. The van der Waals surface area contributed by atoms with Gasteiger partial charge in [-0.15, -0.1) is 0 Å². The van der Waals surface area contributed by atoms with Gasteiger partial charge in [0.1, 0.15) is 5.76 Å². The molecule has 0 unspecified atom stereocenters.